The minimum Gasteiger partial charge on any atom is -0.459 e. The Labute approximate surface area is 115 Å². The summed E-state index contributed by atoms with van der Waals surface area (Å²) in [6, 6.07) is 2.94. The molecule has 0 radical (unpaired) electrons. The van der Waals surface area contributed by atoms with E-state index in [0.29, 0.717) is 12.3 Å². The van der Waals surface area contributed by atoms with Crippen LogP contribution in [-0.4, -0.2) is 25.3 Å². The van der Waals surface area contributed by atoms with Crippen LogP contribution in [0.3, 0.4) is 0 Å². The number of carbonyl (C=O) groups is 1. The summed E-state index contributed by atoms with van der Waals surface area (Å²) in [5.74, 6) is -0.537. The van der Waals surface area contributed by atoms with E-state index in [-0.39, 0.29) is 28.3 Å². The molecule has 0 aliphatic carbocycles. The third-order valence-electron chi connectivity index (χ3n) is 2.69. The third kappa shape index (κ3) is 3.07. The molecule has 6 heteroatoms. The highest BCUT2D eigenvalue weighted by atomic mass is 35.5. The fourth-order valence-corrected chi connectivity index (χ4v) is 2.19. The number of nitrogens with two attached hydrogens (primary N) is 1. The first-order chi connectivity index (χ1) is 8.58. The van der Waals surface area contributed by atoms with E-state index in [9.17, 15) is 4.79 Å². The standard InChI is InChI=1S/C12H13Cl2NO3/c13-10-5-7(15)4-9(11(10)14)12(16)18-6-8-2-1-3-17-8/h4-5,8H,1-3,6,15H2. The van der Waals surface area contributed by atoms with Crippen molar-refractivity contribution in [1.29, 1.82) is 0 Å². The number of nitrogen functional groups attached to an aromatic ring is 1. The number of anilines is 1. The molecule has 0 spiro atoms. The van der Waals surface area contributed by atoms with E-state index in [1.165, 1.54) is 12.1 Å². The summed E-state index contributed by atoms with van der Waals surface area (Å²) in [5, 5.41) is 0.393. The molecule has 0 aromatic heterocycles. The highest BCUT2D eigenvalue weighted by Crippen LogP contribution is 2.29. The maximum absolute atomic E-state index is 11.9. The summed E-state index contributed by atoms with van der Waals surface area (Å²) in [5.41, 5.74) is 6.16. The molecule has 0 saturated carbocycles. The number of rotatable bonds is 3. The maximum atomic E-state index is 11.9. The van der Waals surface area contributed by atoms with E-state index in [1.807, 2.05) is 0 Å². The lowest BCUT2D eigenvalue weighted by Crippen LogP contribution is -2.18. The fourth-order valence-electron chi connectivity index (χ4n) is 1.78. The number of hydrogen-bond acceptors (Lipinski definition) is 4. The molecule has 4 nitrogen and oxygen atoms in total. The predicted octanol–water partition coefficient (Wildman–Crippen LogP) is 2.91. The van der Waals surface area contributed by atoms with Crippen LogP contribution in [0.4, 0.5) is 5.69 Å². The van der Waals surface area contributed by atoms with Crippen LogP contribution in [0.5, 0.6) is 0 Å². The monoisotopic (exact) mass is 289 g/mol. The lowest BCUT2D eigenvalue weighted by Gasteiger charge is -2.11. The molecule has 1 fully saturated rings. The zero-order valence-corrected chi connectivity index (χ0v) is 11.1. The van der Waals surface area contributed by atoms with Crippen molar-refractivity contribution in [3.05, 3.63) is 27.7 Å². The zero-order valence-electron chi connectivity index (χ0n) is 9.62. The minimum absolute atomic E-state index is 0.0238. The molecule has 1 unspecified atom stereocenters. The van der Waals surface area contributed by atoms with Crippen LogP contribution in [0.2, 0.25) is 10.0 Å². The van der Waals surface area contributed by atoms with Crippen molar-refractivity contribution in [2.75, 3.05) is 18.9 Å². The van der Waals surface area contributed by atoms with Crippen molar-refractivity contribution in [2.45, 2.75) is 18.9 Å². The first-order valence-corrected chi connectivity index (χ1v) is 6.37. The van der Waals surface area contributed by atoms with Gasteiger partial charge >= 0.3 is 5.97 Å². The van der Waals surface area contributed by atoms with Gasteiger partial charge in [0, 0.05) is 12.3 Å². The van der Waals surface area contributed by atoms with Crippen LogP contribution in [0.1, 0.15) is 23.2 Å². The first-order valence-electron chi connectivity index (χ1n) is 5.61. The van der Waals surface area contributed by atoms with Crippen LogP contribution in [0.15, 0.2) is 12.1 Å². The summed E-state index contributed by atoms with van der Waals surface area (Å²) in [7, 11) is 0. The van der Waals surface area contributed by atoms with Gasteiger partial charge in [-0.1, -0.05) is 23.2 Å². The highest BCUT2D eigenvalue weighted by molar-refractivity contribution is 6.44. The number of halogens is 2. The SMILES string of the molecule is Nc1cc(Cl)c(Cl)c(C(=O)OCC2CCCO2)c1. The van der Waals surface area contributed by atoms with Crippen molar-refractivity contribution in [2.24, 2.45) is 0 Å². The van der Waals surface area contributed by atoms with E-state index in [4.69, 9.17) is 38.4 Å². The second-order valence-corrected chi connectivity index (χ2v) is 4.88. The zero-order chi connectivity index (χ0) is 13.1. The molecule has 1 aliphatic heterocycles. The van der Waals surface area contributed by atoms with Gasteiger partial charge in [0.1, 0.15) is 6.61 Å². The van der Waals surface area contributed by atoms with Crippen molar-refractivity contribution >= 4 is 34.9 Å². The molecule has 1 aromatic carbocycles. The molecule has 18 heavy (non-hydrogen) atoms. The second-order valence-electron chi connectivity index (χ2n) is 4.10. The normalized spacial score (nSPS) is 18.9. The van der Waals surface area contributed by atoms with Gasteiger partial charge in [-0.25, -0.2) is 4.79 Å². The summed E-state index contributed by atoms with van der Waals surface area (Å²) < 4.78 is 10.5. The summed E-state index contributed by atoms with van der Waals surface area (Å²) >= 11 is 11.8. The Balaban J connectivity index is 2.04. The van der Waals surface area contributed by atoms with E-state index >= 15 is 0 Å². The van der Waals surface area contributed by atoms with Gasteiger partial charge in [-0.3, -0.25) is 0 Å². The Hall–Kier alpha value is -0.970. The quantitative estimate of drug-likeness (QED) is 0.686. The van der Waals surface area contributed by atoms with Gasteiger partial charge < -0.3 is 15.2 Å². The number of benzene rings is 1. The molecule has 1 heterocycles. The number of hydrogen-bond donors (Lipinski definition) is 1. The van der Waals surface area contributed by atoms with Crippen LogP contribution in [-0.2, 0) is 9.47 Å². The van der Waals surface area contributed by atoms with E-state index < -0.39 is 5.97 Å². The molecule has 1 aromatic rings. The van der Waals surface area contributed by atoms with Crippen molar-refractivity contribution in [3.8, 4) is 0 Å². The van der Waals surface area contributed by atoms with Crippen molar-refractivity contribution < 1.29 is 14.3 Å². The number of ether oxygens (including phenoxy) is 2. The van der Waals surface area contributed by atoms with Gasteiger partial charge in [-0.05, 0) is 25.0 Å². The minimum atomic E-state index is -0.537. The average molecular weight is 290 g/mol. The van der Waals surface area contributed by atoms with Crippen molar-refractivity contribution in [3.63, 3.8) is 0 Å². The van der Waals surface area contributed by atoms with Gasteiger partial charge in [0.05, 0.1) is 21.7 Å². The van der Waals surface area contributed by atoms with Crippen LogP contribution in [0.25, 0.3) is 0 Å². The summed E-state index contributed by atoms with van der Waals surface area (Å²) in [4.78, 5) is 11.9. The molecule has 0 bridgehead atoms. The Morgan fingerprint density at radius 2 is 2.28 bits per heavy atom. The molecule has 1 aliphatic rings. The second kappa shape index (κ2) is 5.78. The van der Waals surface area contributed by atoms with E-state index in [2.05, 4.69) is 0 Å². The Morgan fingerprint density at radius 3 is 2.94 bits per heavy atom. The molecule has 1 saturated heterocycles. The van der Waals surface area contributed by atoms with Gasteiger partial charge in [-0.2, -0.15) is 0 Å². The highest BCUT2D eigenvalue weighted by Gasteiger charge is 2.20. The molecular formula is C12H13Cl2NO3. The van der Waals surface area contributed by atoms with Gasteiger partial charge in [0.25, 0.3) is 0 Å². The van der Waals surface area contributed by atoms with Crippen LogP contribution < -0.4 is 5.73 Å². The molecule has 1 atom stereocenters. The molecule has 0 amide bonds. The lowest BCUT2D eigenvalue weighted by atomic mass is 10.2. The van der Waals surface area contributed by atoms with Crippen LogP contribution >= 0.6 is 23.2 Å². The Bertz CT molecular complexity index is 459. The largest absolute Gasteiger partial charge is 0.459 e. The Morgan fingerprint density at radius 1 is 1.50 bits per heavy atom. The summed E-state index contributed by atoms with van der Waals surface area (Å²) in [6.07, 6.45) is 1.87. The molecule has 98 valence electrons. The Kier molecular flexibility index (Phi) is 4.32. The molecule has 2 rings (SSSR count). The number of carbonyl (C=O) groups excluding carboxylic acids is 1. The number of esters is 1. The predicted molar refractivity (Wildman–Crippen MR) is 70.1 cm³/mol. The lowest BCUT2D eigenvalue weighted by molar-refractivity contribution is 0.0161. The fraction of sp³-hybridized carbons (Fsp3) is 0.417. The van der Waals surface area contributed by atoms with Crippen LogP contribution in [0, 0.1) is 0 Å². The van der Waals surface area contributed by atoms with Gasteiger partial charge in [0.15, 0.2) is 0 Å². The third-order valence-corrected chi connectivity index (χ3v) is 3.50. The average Bonchev–Trinajstić information content (AvgIpc) is 2.83. The smallest absolute Gasteiger partial charge is 0.339 e. The first kappa shape index (κ1) is 13.5. The molecular weight excluding hydrogens is 277 g/mol. The van der Waals surface area contributed by atoms with Gasteiger partial charge in [-0.15, -0.1) is 0 Å². The van der Waals surface area contributed by atoms with Crippen molar-refractivity contribution in [1.82, 2.24) is 0 Å². The van der Waals surface area contributed by atoms with E-state index in [1.54, 1.807) is 0 Å². The van der Waals surface area contributed by atoms with Gasteiger partial charge in [0.2, 0.25) is 0 Å². The van der Waals surface area contributed by atoms with E-state index in [0.717, 1.165) is 12.8 Å². The summed E-state index contributed by atoms with van der Waals surface area (Å²) in [6.45, 7) is 0.939. The topological polar surface area (TPSA) is 61.6 Å². The maximum Gasteiger partial charge on any atom is 0.339 e. The molecule has 2 N–H and O–H groups in total.